The second-order valence-corrected chi connectivity index (χ2v) is 8.46. The Morgan fingerprint density at radius 2 is 1.79 bits per heavy atom. The number of benzene rings is 2. The summed E-state index contributed by atoms with van der Waals surface area (Å²) in [4.78, 5) is 10.6. The fourth-order valence-electron chi connectivity index (χ4n) is 3.28. The van der Waals surface area contributed by atoms with Crippen molar-refractivity contribution in [1.29, 1.82) is 0 Å². The van der Waals surface area contributed by atoms with Gasteiger partial charge in [-0.3, -0.25) is 0 Å². The van der Waals surface area contributed by atoms with E-state index < -0.39 is 9.84 Å². The van der Waals surface area contributed by atoms with Gasteiger partial charge in [-0.05, 0) is 41.8 Å². The van der Waals surface area contributed by atoms with E-state index in [9.17, 15) is 8.42 Å². The SMILES string of the molecule is COc1ccc(S(=O)(=O)c2cnc(N3CCc4ccccc4C3)nc2N)cc1. The lowest BCUT2D eigenvalue weighted by molar-refractivity contribution is 0.414. The molecule has 8 heteroatoms. The fourth-order valence-corrected chi connectivity index (χ4v) is 4.54. The van der Waals surface area contributed by atoms with Crippen LogP contribution in [0.3, 0.4) is 0 Å². The van der Waals surface area contributed by atoms with Crippen LogP contribution in [0.25, 0.3) is 0 Å². The number of nitrogens with zero attached hydrogens (tertiary/aromatic N) is 3. The van der Waals surface area contributed by atoms with Crippen LogP contribution < -0.4 is 15.4 Å². The lowest BCUT2D eigenvalue weighted by Gasteiger charge is -2.29. The van der Waals surface area contributed by atoms with Crippen molar-refractivity contribution in [3.05, 3.63) is 65.9 Å². The first-order valence-electron chi connectivity index (χ1n) is 8.82. The molecule has 0 saturated heterocycles. The van der Waals surface area contributed by atoms with Gasteiger partial charge in [-0.2, -0.15) is 4.98 Å². The number of ether oxygens (including phenoxy) is 1. The third-order valence-electron chi connectivity index (χ3n) is 4.84. The molecule has 2 aromatic carbocycles. The Kier molecular flexibility index (Phi) is 4.64. The normalized spacial score (nSPS) is 13.8. The molecular weight excluding hydrogens is 376 g/mol. The molecule has 2 heterocycles. The summed E-state index contributed by atoms with van der Waals surface area (Å²) in [5.74, 6) is 0.948. The fraction of sp³-hybridized carbons (Fsp3) is 0.200. The van der Waals surface area contributed by atoms with E-state index in [4.69, 9.17) is 10.5 Å². The van der Waals surface area contributed by atoms with Gasteiger partial charge in [-0.25, -0.2) is 13.4 Å². The smallest absolute Gasteiger partial charge is 0.227 e. The number of methoxy groups -OCH3 is 1. The number of hydrogen-bond acceptors (Lipinski definition) is 7. The third kappa shape index (κ3) is 3.27. The van der Waals surface area contributed by atoms with Gasteiger partial charge < -0.3 is 15.4 Å². The maximum atomic E-state index is 12.9. The summed E-state index contributed by atoms with van der Waals surface area (Å²) < 4.78 is 30.9. The van der Waals surface area contributed by atoms with Crippen LogP contribution in [0.15, 0.2) is 64.5 Å². The van der Waals surface area contributed by atoms with E-state index in [2.05, 4.69) is 22.1 Å². The molecule has 3 aromatic rings. The number of hydrogen-bond donors (Lipinski definition) is 1. The number of fused-ring (bicyclic) bond motifs is 1. The molecule has 2 N–H and O–H groups in total. The highest BCUT2D eigenvalue weighted by molar-refractivity contribution is 7.91. The number of rotatable bonds is 4. The average Bonchev–Trinajstić information content (AvgIpc) is 2.73. The first-order chi connectivity index (χ1) is 13.5. The number of nitrogen functional groups attached to an aromatic ring is 1. The third-order valence-corrected chi connectivity index (χ3v) is 6.63. The Labute approximate surface area is 163 Å². The highest BCUT2D eigenvalue weighted by Gasteiger charge is 2.24. The van der Waals surface area contributed by atoms with Gasteiger partial charge in [-0.15, -0.1) is 0 Å². The Balaban J connectivity index is 1.63. The minimum absolute atomic E-state index is 0.0559. The van der Waals surface area contributed by atoms with Gasteiger partial charge in [0.05, 0.1) is 18.2 Å². The largest absolute Gasteiger partial charge is 0.497 e. The van der Waals surface area contributed by atoms with E-state index in [1.165, 1.54) is 36.6 Å². The van der Waals surface area contributed by atoms with E-state index >= 15 is 0 Å². The van der Waals surface area contributed by atoms with E-state index in [-0.39, 0.29) is 15.6 Å². The molecule has 7 nitrogen and oxygen atoms in total. The molecule has 0 atom stereocenters. The molecule has 0 spiro atoms. The van der Waals surface area contributed by atoms with Crippen molar-refractivity contribution in [3.8, 4) is 5.75 Å². The number of sulfone groups is 1. The van der Waals surface area contributed by atoms with Gasteiger partial charge in [0, 0.05) is 13.1 Å². The average molecular weight is 396 g/mol. The molecule has 28 heavy (non-hydrogen) atoms. The summed E-state index contributed by atoms with van der Waals surface area (Å²) in [6.07, 6.45) is 2.17. The van der Waals surface area contributed by atoms with Crippen LogP contribution in [0.4, 0.5) is 11.8 Å². The molecule has 0 amide bonds. The second-order valence-electron chi connectivity index (χ2n) is 6.54. The minimum atomic E-state index is -3.81. The Hall–Kier alpha value is -3.13. The van der Waals surface area contributed by atoms with Crippen LogP contribution in [0.5, 0.6) is 5.75 Å². The highest BCUT2D eigenvalue weighted by atomic mass is 32.2. The van der Waals surface area contributed by atoms with Crippen LogP contribution in [-0.4, -0.2) is 32.0 Å². The minimum Gasteiger partial charge on any atom is -0.497 e. The first-order valence-corrected chi connectivity index (χ1v) is 10.3. The number of anilines is 2. The topological polar surface area (TPSA) is 98.4 Å². The molecule has 0 unspecified atom stereocenters. The molecule has 0 saturated carbocycles. The quantitative estimate of drug-likeness (QED) is 0.723. The van der Waals surface area contributed by atoms with E-state index in [1.807, 2.05) is 17.0 Å². The summed E-state index contributed by atoms with van der Waals surface area (Å²) in [6.45, 7) is 1.42. The van der Waals surface area contributed by atoms with Gasteiger partial charge in [-0.1, -0.05) is 24.3 Å². The van der Waals surface area contributed by atoms with Crippen molar-refractivity contribution in [1.82, 2.24) is 9.97 Å². The molecule has 4 rings (SSSR count). The Morgan fingerprint density at radius 1 is 1.07 bits per heavy atom. The van der Waals surface area contributed by atoms with Crippen LogP contribution in [0.2, 0.25) is 0 Å². The summed E-state index contributed by atoms with van der Waals surface area (Å²) in [6, 6.07) is 14.3. The predicted molar refractivity (Wildman–Crippen MR) is 106 cm³/mol. The Bertz CT molecular complexity index is 1110. The van der Waals surface area contributed by atoms with Crippen LogP contribution in [0, 0.1) is 0 Å². The van der Waals surface area contributed by atoms with Gasteiger partial charge in [0.15, 0.2) is 0 Å². The van der Waals surface area contributed by atoms with E-state index in [1.54, 1.807) is 12.1 Å². The second kappa shape index (κ2) is 7.12. The summed E-state index contributed by atoms with van der Waals surface area (Å²) in [7, 11) is -2.29. The zero-order valence-electron chi connectivity index (χ0n) is 15.4. The number of nitrogens with two attached hydrogens (primary N) is 1. The lowest BCUT2D eigenvalue weighted by atomic mass is 10.0. The maximum absolute atomic E-state index is 12.9. The van der Waals surface area contributed by atoms with Crippen molar-refractivity contribution < 1.29 is 13.2 Å². The summed E-state index contributed by atoms with van der Waals surface area (Å²) >= 11 is 0. The molecule has 0 radical (unpaired) electrons. The lowest BCUT2D eigenvalue weighted by Crippen LogP contribution is -2.32. The molecule has 1 aliphatic heterocycles. The van der Waals surface area contributed by atoms with Crippen molar-refractivity contribution in [2.75, 3.05) is 24.3 Å². The zero-order valence-corrected chi connectivity index (χ0v) is 16.2. The van der Waals surface area contributed by atoms with Crippen molar-refractivity contribution >= 4 is 21.6 Å². The van der Waals surface area contributed by atoms with Gasteiger partial charge >= 0.3 is 0 Å². The zero-order chi connectivity index (χ0) is 19.7. The van der Waals surface area contributed by atoms with Crippen LogP contribution >= 0.6 is 0 Å². The summed E-state index contributed by atoms with van der Waals surface area (Å²) in [5.41, 5.74) is 8.54. The van der Waals surface area contributed by atoms with Gasteiger partial charge in [0.25, 0.3) is 0 Å². The van der Waals surface area contributed by atoms with Crippen molar-refractivity contribution in [2.24, 2.45) is 0 Å². The van der Waals surface area contributed by atoms with E-state index in [0.717, 1.165) is 13.0 Å². The van der Waals surface area contributed by atoms with Crippen LogP contribution in [-0.2, 0) is 22.8 Å². The molecule has 0 fully saturated rings. The summed E-state index contributed by atoms with van der Waals surface area (Å²) in [5, 5.41) is 0. The first kappa shape index (κ1) is 18.2. The van der Waals surface area contributed by atoms with E-state index in [0.29, 0.717) is 18.2 Å². The highest BCUT2D eigenvalue weighted by Crippen LogP contribution is 2.28. The molecule has 0 aliphatic carbocycles. The number of aromatic nitrogens is 2. The van der Waals surface area contributed by atoms with Crippen molar-refractivity contribution in [3.63, 3.8) is 0 Å². The molecule has 1 aliphatic rings. The molecule has 1 aromatic heterocycles. The Morgan fingerprint density at radius 3 is 2.46 bits per heavy atom. The van der Waals surface area contributed by atoms with Crippen LogP contribution in [0.1, 0.15) is 11.1 Å². The van der Waals surface area contributed by atoms with Gasteiger partial charge in [0.1, 0.15) is 16.5 Å². The van der Waals surface area contributed by atoms with Crippen molar-refractivity contribution in [2.45, 2.75) is 22.8 Å². The predicted octanol–water partition coefficient (Wildman–Crippen LogP) is 2.46. The standard InChI is InChI=1S/C20H20N4O3S/c1-27-16-6-8-17(9-7-16)28(25,26)18-12-22-20(23-19(18)21)24-11-10-14-4-2-3-5-15(14)13-24/h2-9,12H,10-11,13H2,1H3,(H2,21,22,23). The molecule has 0 bridgehead atoms. The maximum Gasteiger partial charge on any atom is 0.227 e. The molecule has 144 valence electrons. The van der Waals surface area contributed by atoms with Gasteiger partial charge in [0.2, 0.25) is 15.8 Å². The monoisotopic (exact) mass is 396 g/mol. The molecular formula is C20H20N4O3S.